The third-order valence-electron chi connectivity index (χ3n) is 6.68. The fourth-order valence-corrected chi connectivity index (χ4v) is 4.98. The van der Waals surface area contributed by atoms with E-state index in [0.717, 1.165) is 5.56 Å². The summed E-state index contributed by atoms with van der Waals surface area (Å²) in [5, 5.41) is 12.1. The van der Waals surface area contributed by atoms with E-state index < -0.39 is 17.5 Å². The monoisotopic (exact) mass is 529 g/mol. The van der Waals surface area contributed by atoms with Crippen molar-refractivity contribution in [2.24, 2.45) is 4.99 Å². The van der Waals surface area contributed by atoms with Gasteiger partial charge in [0.05, 0.1) is 37.5 Å². The van der Waals surface area contributed by atoms with E-state index in [2.05, 4.69) is 34.0 Å². The van der Waals surface area contributed by atoms with Crippen molar-refractivity contribution < 1.29 is 19.0 Å². The van der Waals surface area contributed by atoms with Crippen molar-refractivity contribution in [2.75, 3.05) is 42.6 Å². The van der Waals surface area contributed by atoms with Gasteiger partial charge in [-0.1, -0.05) is 11.6 Å². The summed E-state index contributed by atoms with van der Waals surface area (Å²) < 4.78 is 19.2. The number of carboxylic acids is 1. The second-order valence-electron chi connectivity index (χ2n) is 9.36. The van der Waals surface area contributed by atoms with Crippen LogP contribution in [0.4, 0.5) is 16.2 Å². The molecule has 3 aliphatic heterocycles. The van der Waals surface area contributed by atoms with Gasteiger partial charge in [-0.25, -0.2) is 9.37 Å². The van der Waals surface area contributed by atoms with E-state index in [1.54, 1.807) is 12.1 Å². The van der Waals surface area contributed by atoms with Crippen LogP contribution in [-0.2, 0) is 9.53 Å². The van der Waals surface area contributed by atoms with Crippen LogP contribution in [0.2, 0.25) is 0 Å². The molecule has 3 unspecified atom stereocenters. The lowest BCUT2D eigenvalue weighted by Crippen LogP contribution is -2.56. The fourth-order valence-electron chi connectivity index (χ4n) is 4.63. The number of ether oxygens (including phenoxy) is 1. The molecule has 0 saturated carbocycles. The molecule has 1 aromatic heterocycles. The molecule has 0 spiro atoms. The van der Waals surface area contributed by atoms with Gasteiger partial charge in [-0.15, -0.1) is 0 Å². The molecule has 0 aliphatic carbocycles. The topological polar surface area (TPSA) is 106 Å². The first-order valence-corrected chi connectivity index (χ1v) is 12.6. The molecule has 1 fully saturated rings. The summed E-state index contributed by atoms with van der Waals surface area (Å²) in [5.41, 5.74) is 0.781. The van der Waals surface area contributed by atoms with Crippen LogP contribution >= 0.6 is 11.6 Å². The lowest BCUT2D eigenvalue weighted by atomic mass is 10.1. The molecule has 4 heterocycles. The lowest BCUT2D eigenvalue weighted by molar-refractivity contribution is -0.139. The van der Waals surface area contributed by atoms with Crippen LogP contribution in [-0.4, -0.2) is 88.3 Å². The molecule has 2 aromatic rings. The van der Waals surface area contributed by atoms with E-state index >= 15 is 0 Å². The third kappa shape index (κ3) is 5.39. The normalized spacial score (nSPS) is 26.3. The number of nitrogens with zero attached hydrogens (tertiary/aromatic N) is 6. The number of aliphatic imine (C=N–C) groups is 1. The van der Waals surface area contributed by atoms with Crippen LogP contribution in [0, 0.1) is 5.82 Å². The third-order valence-corrected chi connectivity index (χ3v) is 7.00. The molecule has 37 heavy (non-hydrogen) atoms. The van der Waals surface area contributed by atoms with Crippen LogP contribution in [0.5, 0.6) is 0 Å². The number of benzene rings is 1. The van der Waals surface area contributed by atoms with Crippen molar-refractivity contribution in [3.8, 4) is 11.3 Å². The Labute approximate surface area is 219 Å². The maximum absolute atomic E-state index is 13.6. The Morgan fingerprint density at radius 2 is 1.97 bits per heavy atom. The van der Waals surface area contributed by atoms with Crippen molar-refractivity contribution in [1.29, 1.82) is 0 Å². The highest BCUT2D eigenvalue weighted by molar-refractivity contribution is 6.31. The molecule has 0 amide bonds. The Morgan fingerprint density at radius 3 is 2.65 bits per heavy atom. The first kappa shape index (κ1) is 25.4. The van der Waals surface area contributed by atoms with Gasteiger partial charge in [0, 0.05) is 37.1 Å². The lowest BCUT2D eigenvalue weighted by Gasteiger charge is -2.39. The molecule has 0 radical (unpaired) electrons. The van der Waals surface area contributed by atoms with Gasteiger partial charge in [-0.05, 0) is 38.1 Å². The Hall–Kier alpha value is -3.28. The zero-order chi connectivity index (χ0) is 26.1. The second-order valence-corrected chi connectivity index (χ2v) is 9.80. The van der Waals surface area contributed by atoms with Gasteiger partial charge < -0.3 is 24.5 Å². The van der Waals surface area contributed by atoms with E-state index in [-0.39, 0.29) is 24.4 Å². The van der Waals surface area contributed by atoms with Crippen LogP contribution in [0.15, 0.2) is 47.7 Å². The number of carboxylic acid groups (broad SMARTS) is 1. The number of morpholine rings is 1. The van der Waals surface area contributed by atoms with E-state index in [1.807, 2.05) is 23.4 Å². The van der Waals surface area contributed by atoms with Crippen molar-refractivity contribution in [3.05, 3.63) is 48.5 Å². The molecule has 1 aromatic carbocycles. The summed E-state index contributed by atoms with van der Waals surface area (Å²) in [6.07, 6.45) is 3.78. The number of carbonyl (C=O) groups is 1. The molecule has 2 N–H and O–H groups in total. The first-order chi connectivity index (χ1) is 17.8. The van der Waals surface area contributed by atoms with Crippen molar-refractivity contribution in [1.82, 2.24) is 20.2 Å². The highest BCUT2D eigenvalue weighted by Gasteiger charge is 2.33. The van der Waals surface area contributed by atoms with Crippen LogP contribution in [0.1, 0.15) is 13.8 Å². The summed E-state index contributed by atoms with van der Waals surface area (Å²) in [6.45, 7) is 6.68. The molecule has 0 bridgehead atoms. The number of aromatic nitrogens is 2. The smallest absolute Gasteiger partial charge is 0.322 e. The molecule has 3 aliphatic rings. The van der Waals surface area contributed by atoms with Crippen molar-refractivity contribution in [2.45, 2.75) is 37.5 Å². The van der Waals surface area contributed by atoms with Crippen LogP contribution in [0.25, 0.3) is 11.3 Å². The minimum atomic E-state index is -0.978. The number of nitrogens with one attached hydrogen (secondary N) is 1. The molecular weight excluding hydrogens is 501 g/mol. The van der Waals surface area contributed by atoms with E-state index in [0.29, 0.717) is 49.6 Å². The van der Waals surface area contributed by atoms with Crippen LogP contribution in [0.3, 0.4) is 0 Å². The minimum Gasteiger partial charge on any atom is -0.480 e. The maximum Gasteiger partial charge on any atom is 0.322 e. The Kier molecular flexibility index (Phi) is 7.27. The number of aliphatic carboxylic acids is 1. The zero-order valence-corrected chi connectivity index (χ0v) is 21.3. The molecule has 4 atom stereocenters. The standard InChI is InChI=1S/C25H29ClFN7O3/c1-15-13-32(23-22(26)29-20(12-28-23)24(35)36)7-8-33(15)21-11-19(17-3-5-18(27)6-4-17)30-25(31-21)34-9-10-37-14-16(34)2/h3-8,11,15-16,20,22,29H,9-10,12-14H2,1-2H3,(H,35,36)/t15?,16-,20?,22?/m1/s1. The number of amidine groups is 1. The van der Waals surface area contributed by atoms with Gasteiger partial charge in [0.2, 0.25) is 5.95 Å². The summed E-state index contributed by atoms with van der Waals surface area (Å²) >= 11 is 6.42. The van der Waals surface area contributed by atoms with E-state index in [4.69, 9.17) is 26.3 Å². The number of anilines is 2. The number of hydrogen-bond donors (Lipinski definition) is 2. The average molecular weight is 530 g/mol. The largest absolute Gasteiger partial charge is 0.480 e. The summed E-state index contributed by atoms with van der Waals surface area (Å²) in [7, 11) is 0. The average Bonchev–Trinajstić information content (AvgIpc) is 2.89. The van der Waals surface area contributed by atoms with Crippen molar-refractivity contribution in [3.63, 3.8) is 0 Å². The summed E-state index contributed by atoms with van der Waals surface area (Å²) in [6, 6.07) is 7.47. The molecular formula is C25H29ClFN7O3. The summed E-state index contributed by atoms with van der Waals surface area (Å²) in [4.78, 5) is 31.6. The van der Waals surface area contributed by atoms with E-state index in [9.17, 15) is 14.3 Å². The van der Waals surface area contributed by atoms with Gasteiger partial charge in [0.1, 0.15) is 29.0 Å². The van der Waals surface area contributed by atoms with Crippen molar-refractivity contribution >= 4 is 35.2 Å². The Morgan fingerprint density at radius 1 is 1.19 bits per heavy atom. The Bertz CT molecular complexity index is 1210. The van der Waals surface area contributed by atoms with Gasteiger partial charge in [-0.2, -0.15) is 4.98 Å². The molecule has 5 rings (SSSR count). The first-order valence-electron chi connectivity index (χ1n) is 12.2. The second kappa shape index (κ2) is 10.6. The highest BCUT2D eigenvalue weighted by atomic mass is 35.5. The maximum atomic E-state index is 13.6. The predicted molar refractivity (Wildman–Crippen MR) is 139 cm³/mol. The van der Waals surface area contributed by atoms with E-state index in [1.165, 1.54) is 12.1 Å². The predicted octanol–water partition coefficient (Wildman–Crippen LogP) is 2.51. The summed E-state index contributed by atoms with van der Waals surface area (Å²) in [5.74, 6) is 0.605. The molecule has 12 heteroatoms. The number of halogens is 2. The SMILES string of the molecule is CC1CN(C2=NCC(C(=O)O)NC2Cl)C=CN1c1cc(-c2ccc(F)cc2)nc(N2CCOC[C@H]2C)n1. The number of alkyl halides is 1. The number of hydrogen-bond acceptors (Lipinski definition) is 9. The fraction of sp³-hybridized carbons (Fsp3) is 0.440. The molecule has 1 saturated heterocycles. The van der Waals surface area contributed by atoms with Gasteiger partial charge in [-0.3, -0.25) is 15.1 Å². The highest BCUT2D eigenvalue weighted by Crippen LogP contribution is 2.29. The van der Waals surface area contributed by atoms with Crippen LogP contribution < -0.4 is 15.1 Å². The minimum absolute atomic E-state index is 0.0142. The Balaban J connectivity index is 1.46. The molecule has 10 nitrogen and oxygen atoms in total. The quantitative estimate of drug-likeness (QED) is 0.456. The molecule has 196 valence electrons. The van der Waals surface area contributed by atoms with Gasteiger partial charge >= 0.3 is 5.97 Å². The van der Waals surface area contributed by atoms with Gasteiger partial charge in [0.25, 0.3) is 0 Å². The van der Waals surface area contributed by atoms with Gasteiger partial charge in [0.15, 0.2) is 0 Å². The number of rotatable bonds is 4. The zero-order valence-electron chi connectivity index (χ0n) is 20.6.